The Kier molecular flexibility index (Phi) is 4.30. The molecule has 1 aliphatic rings. The van der Waals surface area contributed by atoms with Gasteiger partial charge in [0, 0.05) is 48.1 Å². The summed E-state index contributed by atoms with van der Waals surface area (Å²) < 4.78 is 11.2. The first-order valence-corrected chi connectivity index (χ1v) is 7.53. The van der Waals surface area contributed by atoms with Crippen LogP contribution < -0.4 is 5.32 Å². The highest BCUT2D eigenvalue weighted by molar-refractivity contribution is 7.85. The molecule has 1 fully saturated rings. The third kappa shape index (κ3) is 3.07. The Hall–Kier alpha value is -1.43. The van der Waals surface area contributed by atoms with Gasteiger partial charge in [0.2, 0.25) is 0 Å². The molecule has 1 amide bonds. The van der Waals surface area contributed by atoms with Crippen LogP contribution in [0.25, 0.3) is 0 Å². The molecule has 0 aromatic carbocycles. The number of hydrogen-bond donors (Lipinski definition) is 1. The van der Waals surface area contributed by atoms with E-state index in [2.05, 4.69) is 10.3 Å². The first kappa shape index (κ1) is 13.0. The highest BCUT2D eigenvalue weighted by Gasteiger charge is 2.21. The van der Waals surface area contributed by atoms with Crippen molar-refractivity contribution < 1.29 is 9.00 Å². The Morgan fingerprint density at radius 3 is 2.72 bits per heavy atom. The van der Waals surface area contributed by atoms with Crippen LogP contribution in [0, 0.1) is 0 Å². The molecule has 0 atom stereocenters. The van der Waals surface area contributed by atoms with Crippen molar-refractivity contribution in [3.8, 4) is 0 Å². The van der Waals surface area contributed by atoms with Crippen molar-refractivity contribution in [3.05, 3.63) is 23.9 Å². The lowest BCUT2D eigenvalue weighted by atomic mass is 10.2. The summed E-state index contributed by atoms with van der Waals surface area (Å²) in [5.41, 5.74) is 0.587. The summed E-state index contributed by atoms with van der Waals surface area (Å²) in [6.07, 6.45) is 1.59. The van der Waals surface area contributed by atoms with E-state index >= 15 is 0 Å². The Labute approximate surface area is 109 Å². The summed E-state index contributed by atoms with van der Waals surface area (Å²) in [7, 11) is -0.760. The molecule has 0 bridgehead atoms. The molecular formula is C12H17N3O2S. The van der Waals surface area contributed by atoms with E-state index in [9.17, 15) is 9.00 Å². The number of anilines is 1. The highest BCUT2D eigenvalue weighted by atomic mass is 32.2. The number of carbonyl (C=O) groups is 1. The number of amides is 1. The lowest BCUT2D eigenvalue weighted by Crippen LogP contribution is -2.41. The second kappa shape index (κ2) is 5.95. The Morgan fingerprint density at radius 2 is 2.17 bits per heavy atom. The van der Waals surface area contributed by atoms with Gasteiger partial charge in [0.25, 0.3) is 5.91 Å². The van der Waals surface area contributed by atoms with E-state index < -0.39 is 10.8 Å². The van der Waals surface area contributed by atoms with E-state index in [4.69, 9.17) is 0 Å². The van der Waals surface area contributed by atoms with E-state index in [1.165, 1.54) is 0 Å². The quantitative estimate of drug-likeness (QED) is 0.876. The topological polar surface area (TPSA) is 62.3 Å². The van der Waals surface area contributed by atoms with Crippen molar-refractivity contribution in [1.29, 1.82) is 0 Å². The maximum atomic E-state index is 12.1. The van der Waals surface area contributed by atoms with Crippen LogP contribution in [-0.2, 0) is 10.8 Å². The smallest absolute Gasteiger partial charge is 0.255 e. The molecule has 5 nitrogen and oxygen atoms in total. The van der Waals surface area contributed by atoms with E-state index in [0.717, 1.165) is 12.4 Å². The zero-order valence-corrected chi connectivity index (χ0v) is 11.2. The van der Waals surface area contributed by atoms with Gasteiger partial charge in [-0.05, 0) is 19.1 Å². The van der Waals surface area contributed by atoms with E-state index in [1.54, 1.807) is 23.2 Å². The summed E-state index contributed by atoms with van der Waals surface area (Å²) in [5, 5.41) is 3.08. The fourth-order valence-electron chi connectivity index (χ4n) is 1.83. The van der Waals surface area contributed by atoms with Crippen LogP contribution in [0.4, 0.5) is 5.82 Å². The normalized spacial score (nSPS) is 16.6. The van der Waals surface area contributed by atoms with Crippen LogP contribution in [0.2, 0.25) is 0 Å². The number of nitrogens with zero attached hydrogens (tertiary/aromatic N) is 2. The van der Waals surface area contributed by atoms with Crippen molar-refractivity contribution in [2.45, 2.75) is 6.92 Å². The molecule has 0 saturated carbocycles. The summed E-state index contributed by atoms with van der Waals surface area (Å²) >= 11 is 0. The fourth-order valence-corrected chi connectivity index (χ4v) is 2.88. The van der Waals surface area contributed by atoms with Gasteiger partial charge in [-0.25, -0.2) is 4.98 Å². The third-order valence-corrected chi connectivity index (χ3v) is 4.11. The molecule has 98 valence electrons. The van der Waals surface area contributed by atoms with E-state index in [0.29, 0.717) is 30.2 Å². The van der Waals surface area contributed by atoms with Crippen LogP contribution in [0.3, 0.4) is 0 Å². The van der Waals surface area contributed by atoms with Crippen molar-refractivity contribution in [1.82, 2.24) is 9.88 Å². The van der Waals surface area contributed by atoms with Gasteiger partial charge >= 0.3 is 0 Å². The van der Waals surface area contributed by atoms with Gasteiger partial charge in [-0.2, -0.15) is 0 Å². The molecule has 1 aromatic heterocycles. The molecule has 1 aliphatic heterocycles. The first-order valence-electron chi connectivity index (χ1n) is 6.05. The lowest BCUT2D eigenvalue weighted by Gasteiger charge is -2.26. The molecular weight excluding hydrogens is 250 g/mol. The van der Waals surface area contributed by atoms with Crippen LogP contribution >= 0.6 is 0 Å². The van der Waals surface area contributed by atoms with Gasteiger partial charge in [-0.1, -0.05) is 0 Å². The Morgan fingerprint density at radius 1 is 1.44 bits per heavy atom. The van der Waals surface area contributed by atoms with E-state index in [1.807, 2.05) is 6.92 Å². The number of rotatable bonds is 3. The number of nitrogens with one attached hydrogen (secondary N) is 1. The molecule has 2 rings (SSSR count). The van der Waals surface area contributed by atoms with E-state index in [-0.39, 0.29) is 5.91 Å². The third-order valence-electron chi connectivity index (χ3n) is 2.83. The largest absolute Gasteiger partial charge is 0.370 e. The van der Waals surface area contributed by atoms with Crippen molar-refractivity contribution in [3.63, 3.8) is 0 Å². The molecule has 0 radical (unpaired) electrons. The Balaban J connectivity index is 2.02. The zero-order chi connectivity index (χ0) is 13.0. The number of aromatic nitrogens is 1. The van der Waals surface area contributed by atoms with Crippen molar-refractivity contribution in [2.24, 2.45) is 0 Å². The van der Waals surface area contributed by atoms with Gasteiger partial charge < -0.3 is 10.2 Å². The summed E-state index contributed by atoms with van der Waals surface area (Å²) in [6, 6.07) is 3.58. The van der Waals surface area contributed by atoms with Crippen LogP contribution in [-0.4, -0.2) is 51.1 Å². The number of pyridine rings is 1. The van der Waals surface area contributed by atoms with Crippen molar-refractivity contribution in [2.75, 3.05) is 36.5 Å². The second-order valence-electron chi connectivity index (χ2n) is 4.10. The Bertz CT molecular complexity index is 437. The second-order valence-corrected chi connectivity index (χ2v) is 5.80. The van der Waals surface area contributed by atoms with Crippen LogP contribution in [0.1, 0.15) is 17.3 Å². The number of hydrogen-bond acceptors (Lipinski definition) is 4. The molecule has 0 unspecified atom stereocenters. The van der Waals surface area contributed by atoms with Crippen LogP contribution in [0.5, 0.6) is 0 Å². The summed E-state index contributed by atoms with van der Waals surface area (Å²) in [4.78, 5) is 18.1. The molecule has 1 aromatic rings. The summed E-state index contributed by atoms with van der Waals surface area (Å²) in [6.45, 7) is 3.94. The maximum absolute atomic E-state index is 12.1. The van der Waals surface area contributed by atoms with Gasteiger partial charge in [-0.15, -0.1) is 0 Å². The number of carbonyl (C=O) groups excluding carboxylic acids is 1. The molecule has 6 heteroatoms. The minimum atomic E-state index is -0.760. The average Bonchev–Trinajstić information content (AvgIpc) is 2.40. The lowest BCUT2D eigenvalue weighted by molar-refractivity contribution is 0.0771. The zero-order valence-electron chi connectivity index (χ0n) is 10.4. The molecule has 2 heterocycles. The molecule has 18 heavy (non-hydrogen) atoms. The summed E-state index contributed by atoms with van der Waals surface area (Å²) in [5.74, 6) is 1.90. The average molecular weight is 267 g/mol. The predicted molar refractivity (Wildman–Crippen MR) is 72.2 cm³/mol. The minimum absolute atomic E-state index is 0.0257. The predicted octanol–water partition coefficient (Wildman–Crippen LogP) is 0.718. The molecule has 1 N–H and O–H groups in total. The van der Waals surface area contributed by atoms with Gasteiger partial charge in [-0.3, -0.25) is 9.00 Å². The van der Waals surface area contributed by atoms with Gasteiger partial charge in [0.05, 0.1) is 5.56 Å². The van der Waals surface area contributed by atoms with Gasteiger partial charge in [0.15, 0.2) is 0 Å². The standard InChI is InChI=1S/C12H17N3O2S/c1-2-13-11-4-3-10(9-14-11)12(16)15-5-7-18(17)8-6-15/h3-4,9H,2,5-8H2,1H3,(H,13,14). The molecule has 1 saturated heterocycles. The SMILES string of the molecule is CCNc1ccc(C(=O)N2CCS(=O)CC2)cn1. The van der Waals surface area contributed by atoms with Crippen molar-refractivity contribution >= 4 is 22.5 Å². The maximum Gasteiger partial charge on any atom is 0.255 e. The highest BCUT2D eigenvalue weighted by Crippen LogP contribution is 2.10. The monoisotopic (exact) mass is 267 g/mol. The molecule has 0 aliphatic carbocycles. The molecule has 0 spiro atoms. The fraction of sp³-hybridized carbons (Fsp3) is 0.500. The first-order chi connectivity index (χ1) is 8.70. The van der Waals surface area contributed by atoms with Gasteiger partial charge in [0.1, 0.15) is 5.82 Å². The van der Waals surface area contributed by atoms with Crippen LogP contribution in [0.15, 0.2) is 18.3 Å². The minimum Gasteiger partial charge on any atom is -0.370 e.